The van der Waals surface area contributed by atoms with Gasteiger partial charge < -0.3 is 14.9 Å². The molecule has 6 nitrogen and oxygen atoms in total. The Balaban J connectivity index is 2.12. The molecule has 3 rings (SSSR count). The maximum absolute atomic E-state index is 13.2. The number of Topliss-reactive ketones (excluding diaryl/α,β-unsaturated/α-hetero) is 1. The maximum Gasteiger partial charge on any atom is 0.295 e. The van der Waals surface area contributed by atoms with Gasteiger partial charge in [0, 0.05) is 31.0 Å². The lowest BCUT2D eigenvalue weighted by Crippen LogP contribution is -2.35. The Labute approximate surface area is 156 Å². The predicted molar refractivity (Wildman–Crippen MR) is 98.2 cm³/mol. The monoisotopic (exact) mass is 369 g/mol. The molecule has 1 atom stereocenters. The average Bonchev–Trinajstić information content (AvgIpc) is 2.91. The fourth-order valence-corrected chi connectivity index (χ4v) is 3.07. The van der Waals surface area contributed by atoms with E-state index in [2.05, 4.69) is 4.98 Å². The Bertz CT molecular complexity index is 879. The van der Waals surface area contributed by atoms with E-state index in [9.17, 15) is 19.1 Å². The van der Waals surface area contributed by atoms with Crippen LogP contribution in [0.1, 0.15) is 17.2 Å². The smallest absolute Gasteiger partial charge is 0.295 e. The van der Waals surface area contributed by atoms with Crippen LogP contribution >= 0.6 is 0 Å². The summed E-state index contributed by atoms with van der Waals surface area (Å²) in [5.74, 6) is -2.21. The molecule has 27 heavy (non-hydrogen) atoms. The Hall–Kier alpha value is -3.06. The van der Waals surface area contributed by atoms with Crippen LogP contribution in [0.15, 0.2) is 54.4 Å². The Kier molecular flexibility index (Phi) is 5.32. The molecule has 1 aliphatic rings. The maximum atomic E-state index is 13.2. The van der Waals surface area contributed by atoms with Crippen LogP contribution in [0, 0.1) is 5.82 Å². The van der Waals surface area contributed by atoms with Crippen LogP contribution in [0.4, 0.5) is 4.39 Å². The van der Waals surface area contributed by atoms with Gasteiger partial charge in [-0.05, 0) is 50.0 Å². The number of hydrogen-bond donors (Lipinski definition) is 1. The van der Waals surface area contributed by atoms with Crippen molar-refractivity contribution < 1.29 is 19.1 Å². The van der Waals surface area contributed by atoms with E-state index in [-0.39, 0.29) is 16.9 Å². The summed E-state index contributed by atoms with van der Waals surface area (Å²) in [5, 5.41) is 10.8. The number of pyridine rings is 1. The average molecular weight is 369 g/mol. The lowest BCUT2D eigenvalue weighted by molar-refractivity contribution is -0.140. The molecule has 1 saturated heterocycles. The van der Waals surface area contributed by atoms with Gasteiger partial charge in [-0.1, -0.05) is 6.07 Å². The fraction of sp³-hybridized carbons (Fsp3) is 0.250. The summed E-state index contributed by atoms with van der Waals surface area (Å²) in [6, 6.07) is 7.84. The Morgan fingerprint density at radius 3 is 2.52 bits per heavy atom. The molecule has 140 valence electrons. The molecule has 1 amide bonds. The van der Waals surface area contributed by atoms with Crippen LogP contribution in [0.25, 0.3) is 5.76 Å². The number of rotatable bonds is 5. The first-order valence-electron chi connectivity index (χ1n) is 8.49. The lowest BCUT2D eigenvalue weighted by Gasteiger charge is -2.26. The number of aliphatic hydroxyl groups excluding tert-OH is 1. The minimum absolute atomic E-state index is 0.0154. The van der Waals surface area contributed by atoms with Crippen molar-refractivity contribution in [3.63, 3.8) is 0 Å². The van der Waals surface area contributed by atoms with Crippen molar-refractivity contribution in [2.75, 3.05) is 27.2 Å². The molecule has 1 unspecified atom stereocenters. The van der Waals surface area contributed by atoms with E-state index < -0.39 is 23.5 Å². The molecule has 1 aliphatic heterocycles. The van der Waals surface area contributed by atoms with Crippen molar-refractivity contribution in [2.24, 2.45) is 0 Å². The molecule has 0 saturated carbocycles. The SMILES string of the molecule is CN(C)CCN1C(=O)C(=O)/C(=C(\O)c2ccc(F)cc2)C1c1cccnc1. The van der Waals surface area contributed by atoms with Crippen molar-refractivity contribution >= 4 is 17.4 Å². The van der Waals surface area contributed by atoms with Gasteiger partial charge in [0.1, 0.15) is 11.6 Å². The van der Waals surface area contributed by atoms with Crippen LogP contribution in [-0.2, 0) is 9.59 Å². The zero-order valence-electron chi connectivity index (χ0n) is 15.1. The molecule has 1 aromatic heterocycles. The summed E-state index contributed by atoms with van der Waals surface area (Å²) in [7, 11) is 3.74. The zero-order valence-corrected chi connectivity index (χ0v) is 15.1. The van der Waals surface area contributed by atoms with Crippen LogP contribution < -0.4 is 0 Å². The highest BCUT2D eigenvalue weighted by atomic mass is 19.1. The van der Waals surface area contributed by atoms with Crippen molar-refractivity contribution in [1.82, 2.24) is 14.8 Å². The molecular weight excluding hydrogens is 349 g/mol. The fourth-order valence-electron chi connectivity index (χ4n) is 3.07. The number of aromatic nitrogens is 1. The van der Waals surface area contributed by atoms with Gasteiger partial charge in [0.25, 0.3) is 11.7 Å². The number of likely N-dealkylation sites (N-methyl/N-ethyl adjacent to an activating group) is 1. The van der Waals surface area contributed by atoms with Crippen LogP contribution in [-0.4, -0.2) is 58.8 Å². The molecule has 1 aromatic carbocycles. The van der Waals surface area contributed by atoms with Gasteiger partial charge >= 0.3 is 0 Å². The van der Waals surface area contributed by atoms with E-state index in [0.29, 0.717) is 18.7 Å². The number of ketones is 1. The Morgan fingerprint density at radius 2 is 1.93 bits per heavy atom. The quantitative estimate of drug-likeness (QED) is 0.497. The summed E-state index contributed by atoms with van der Waals surface area (Å²) >= 11 is 0. The highest BCUT2D eigenvalue weighted by molar-refractivity contribution is 6.46. The number of halogens is 1. The van der Waals surface area contributed by atoms with Gasteiger partial charge in [0.05, 0.1) is 11.6 Å². The predicted octanol–water partition coefficient (Wildman–Crippen LogP) is 2.20. The van der Waals surface area contributed by atoms with Gasteiger partial charge in [-0.3, -0.25) is 14.6 Å². The summed E-state index contributed by atoms with van der Waals surface area (Å²) in [6.45, 7) is 0.873. The van der Waals surface area contributed by atoms with Crippen molar-refractivity contribution in [2.45, 2.75) is 6.04 Å². The number of nitrogens with zero attached hydrogens (tertiary/aromatic N) is 3. The van der Waals surface area contributed by atoms with E-state index >= 15 is 0 Å². The number of carbonyl (C=O) groups excluding carboxylic acids is 2. The molecule has 0 spiro atoms. The second-order valence-corrected chi connectivity index (χ2v) is 6.59. The minimum atomic E-state index is -0.760. The molecule has 1 fully saturated rings. The topological polar surface area (TPSA) is 73.7 Å². The van der Waals surface area contributed by atoms with E-state index in [4.69, 9.17) is 0 Å². The van der Waals surface area contributed by atoms with Gasteiger partial charge in [-0.15, -0.1) is 0 Å². The number of likely N-dealkylation sites (tertiary alicyclic amines) is 1. The van der Waals surface area contributed by atoms with Gasteiger partial charge in [0.15, 0.2) is 0 Å². The summed E-state index contributed by atoms with van der Waals surface area (Å²) in [4.78, 5) is 32.8. The third-order valence-corrected chi connectivity index (χ3v) is 4.45. The van der Waals surface area contributed by atoms with Crippen molar-refractivity contribution in [1.29, 1.82) is 0 Å². The first kappa shape index (κ1) is 18.7. The van der Waals surface area contributed by atoms with Crippen LogP contribution in [0.5, 0.6) is 0 Å². The largest absolute Gasteiger partial charge is 0.507 e. The van der Waals surface area contributed by atoms with Gasteiger partial charge in [-0.2, -0.15) is 0 Å². The number of amides is 1. The molecule has 1 N–H and O–H groups in total. The number of aliphatic hydroxyl groups is 1. The van der Waals surface area contributed by atoms with Crippen LogP contribution in [0.2, 0.25) is 0 Å². The van der Waals surface area contributed by atoms with Gasteiger partial charge in [-0.25, -0.2) is 4.39 Å². The van der Waals surface area contributed by atoms with Gasteiger partial charge in [0.2, 0.25) is 0 Å². The second-order valence-electron chi connectivity index (χ2n) is 6.59. The third-order valence-electron chi connectivity index (χ3n) is 4.45. The van der Waals surface area contributed by atoms with E-state index in [1.807, 2.05) is 19.0 Å². The number of hydrogen-bond acceptors (Lipinski definition) is 5. The van der Waals surface area contributed by atoms with E-state index in [0.717, 1.165) is 0 Å². The van der Waals surface area contributed by atoms with Crippen LogP contribution in [0.3, 0.4) is 0 Å². The molecule has 0 bridgehead atoms. The standard InChI is InChI=1S/C20H20FN3O3/c1-23(2)10-11-24-17(14-4-3-9-22-12-14)16(19(26)20(24)27)18(25)13-5-7-15(21)8-6-13/h3-9,12,17,25H,10-11H2,1-2H3/b18-16-. The summed E-state index contributed by atoms with van der Waals surface area (Å²) in [5.41, 5.74) is 0.883. The molecule has 0 radical (unpaired) electrons. The van der Waals surface area contributed by atoms with E-state index in [1.165, 1.54) is 29.2 Å². The first-order valence-corrected chi connectivity index (χ1v) is 8.49. The Morgan fingerprint density at radius 1 is 1.22 bits per heavy atom. The third kappa shape index (κ3) is 3.73. The lowest BCUT2D eigenvalue weighted by atomic mass is 9.96. The molecule has 2 heterocycles. The minimum Gasteiger partial charge on any atom is -0.507 e. The highest BCUT2D eigenvalue weighted by Gasteiger charge is 2.45. The molecule has 2 aromatic rings. The molecule has 0 aliphatic carbocycles. The van der Waals surface area contributed by atoms with Crippen molar-refractivity contribution in [3.05, 3.63) is 71.3 Å². The second kappa shape index (κ2) is 7.67. The zero-order chi connectivity index (χ0) is 19.6. The van der Waals surface area contributed by atoms with Crippen molar-refractivity contribution in [3.8, 4) is 0 Å². The summed E-state index contributed by atoms with van der Waals surface area (Å²) < 4.78 is 13.2. The summed E-state index contributed by atoms with van der Waals surface area (Å²) in [6.07, 6.45) is 3.16. The van der Waals surface area contributed by atoms with E-state index in [1.54, 1.807) is 24.5 Å². The number of benzene rings is 1. The highest BCUT2D eigenvalue weighted by Crippen LogP contribution is 2.38. The molecular formula is C20H20FN3O3. The first-order chi connectivity index (χ1) is 12.9. The normalized spacial score (nSPS) is 19.1. The number of carbonyl (C=O) groups is 2. The molecule has 7 heteroatoms.